The molecule has 0 radical (unpaired) electrons. The van der Waals surface area contributed by atoms with Crippen molar-refractivity contribution in [2.45, 2.75) is 13.0 Å². The number of likely N-dealkylation sites (N-methyl/N-ethyl adjacent to an activating group) is 1. The van der Waals surface area contributed by atoms with E-state index >= 15 is 0 Å². The van der Waals surface area contributed by atoms with E-state index in [9.17, 15) is 4.79 Å². The van der Waals surface area contributed by atoms with Crippen molar-refractivity contribution in [1.82, 2.24) is 10.2 Å². The summed E-state index contributed by atoms with van der Waals surface area (Å²) in [5, 5.41) is 11.8. The Morgan fingerprint density at radius 3 is 2.27 bits per heavy atom. The van der Waals surface area contributed by atoms with Gasteiger partial charge in [-0.15, -0.1) is 0 Å². The number of carbonyl (C=O) groups is 1. The Labute approximate surface area is 131 Å². The number of rotatable bonds is 5. The van der Waals surface area contributed by atoms with Gasteiger partial charge in [0.25, 0.3) is 0 Å². The van der Waals surface area contributed by atoms with Crippen LogP contribution in [-0.4, -0.2) is 36.2 Å². The van der Waals surface area contributed by atoms with Gasteiger partial charge < -0.3 is 15.3 Å². The van der Waals surface area contributed by atoms with Gasteiger partial charge in [-0.25, -0.2) is 4.79 Å². The van der Waals surface area contributed by atoms with Gasteiger partial charge in [-0.3, -0.25) is 0 Å². The summed E-state index contributed by atoms with van der Waals surface area (Å²) in [7, 11) is 1.66. The quantitative estimate of drug-likeness (QED) is 0.891. The van der Waals surface area contributed by atoms with E-state index in [1.54, 1.807) is 7.05 Å². The van der Waals surface area contributed by atoms with Gasteiger partial charge in [0.2, 0.25) is 0 Å². The molecule has 0 fully saturated rings. The third kappa shape index (κ3) is 4.09. The van der Waals surface area contributed by atoms with E-state index in [-0.39, 0.29) is 18.7 Å². The highest BCUT2D eigenvalue weighted by Gasteiger charge is 2.12. The Bertz CT molecular complexity index is 596. The summed E-state index contributed by atoms with van der Waals surface area (Å²) in [6.07, 6.45) is 0. The van der Waals surface area contributed by atoms with Crippen LogP contribution in [0.5, 0.6) is 0 Å². The molecule has 0 saturated carbocycles. The molecule has 4 nitrogen and oxygen atoms in total. The van der Waals surface area contributed by atoms with E-state index in [4.69, 9.17) is 5.11 Å². The lowest BCUT2D eigenvalue weighted by molar-refractivity contribution is 0.188. The van der Waals surface area contributed by atoms with Crippen molar-refractivity contribution in [3.8, 4) is 11.1 Å². The Balaban J connectivity index is 2.02. The van der Waals surface area contributed by atoms with Crippen LogP contribution in [0.3, 0.4) is 0 Å². The van der Waals surface area contributed by atoms with E-state index in [0.29, 0.717) is 6.54 Å². The first-order valence-corrected chi connectivity index (χ1v) is 7.39. The molecule has 0 bridgehead atoms. The van der Waals surface area contributed by atoms with Crippen molar-refractivity contribution in [3.63, 3.8) is 0 Å². The van der Waals surface area contributed by atoms with Crippen molar-refractivity contribution in [1.29, 1.82) is 0 Å². The summed E-state index contributed by atoms with van der Waals surface area (Å²) in [6, 6.07) is 18.1. The number of urea groups is 1. The van der Waals surface area contributed by atoms with E-state index < -0.39 is 0 Å². The number of hydrogen-bond acceptors (Lipinski definition) is 2. The van der Waals surface area contributed by atoms with Gasteiger partial charge in [0, 0.05) is 13.6 Å². The molecule has 4 heteroatoms. The first kappa shape index (κ1) is 16.0. The number of hydrogen-bond donors (Lipinski definition) is 2. The maximum absolute atomic E-state index is 11.9. The molecule has 0 aliphatic carbocycles. The molecule has 1 atom stereocenters. The van der Waals surface area contributed by atoms with Crippen molar-refractivity contribution >= 4 is 6.03 Å². The molecule has 0 spiro atoms. The normalized spacial score (nSPS) is 11.8. The number of nitrogens with one attached hydrogen (secondary N) is 1. The van der Waals surface area contributed by atoms with Crippen LogP contribution < -0.4 is 5.32 Å². The second-order valence-corrected chi connectivity index (χ2v) is 5.30. The van der Waals surface area contributed by atoms with Crippen LogP contribution in [0.4, 0.5) is 4.79 Å². The van der Waals surface area contributed by atoms with Gasteiger partial charge in [-0.05, 0) is 23.6 Å². The zero-order valence-electron chi connectivity index (χ0n) is 13.0. The molecule has 2 N–H and O–H groups in total. The summed E-state index contributed by atoms with van der Waals surface area (Å²) in [6.45, 7) is 2.23. The van der Waals surface area contributed by atoms with E-state index in [1.165, 1.54) is 10.5 Å². The lowest BCUT2D eigenvalue weighted by Crippen LogP contribution is -2.39. The third-order valence-electron chi connectivity index (χ3n) is 3.64. The molecular formula is C18H22N2O2. The van der Waals surface area contributed by atoms with Gasteiger partial charge in [-0.2, -0.15) is 0 Å². The number of aliphatic hydroxyl groups is 1. The zero-order chi connectivity index (χ0) is 15.9. The summed E-state index contributed by atoms with van der Waals surface area (Å²) >= 11 is 0. The number of aliphatic hydroxyl groups excluding tert-OH is 1. The summed E-state index contributed by atoms with van der Waals surface area (Å²) in [5.74, 6) is 0. The molecule has 2 amide bonds. The fourth-order valence-electron chi connectivity index (χ4n) is 2.23. The van der Waals surface area contributed by atoms with Crippen LogP contribution in [0.15, 0.2) is 54.6 Å². The number of amides is 2. The van der Waals surface area contributed by atoms with Crippen molar-refractivity contribution in [3.05, 3.63) is 60.2 Å². The first-order valence-electron chi connectivity index (χ1n) is 7.39. The van der Waals surface area contributed by atoms with E-state index in [1.807, 2.05) is 37.3 Å². The molecule has 0 heterocycles. The average molecular weight is 298 g/mol. The minimum atomic E-state index is -0.186. The molecule has 0 aliphatic rings. The van der Waals surface area contributed by atoms with E-state index in [2.05, 4.69) is 29.6 Å². The minimum absolute atomic E-state index is 0.0376. The highest BCUT2D eigenvalue weighted by atomic mass is 16.3. The predicted octanol–water partition coefficient (Wildman–Crippen LogP) is 3.05. The van der Waals surface area contributed by atoms with Crippen molar-refractivity contribution in [2.24, 2.45) is 0 Å². The van der Waals surface area contributed by atoms with E-state index in [0.717, 1.165) is 11.1 Å². The largest absolute Gasteiger partial charge is 0.395 e. The van der Waals surface area contributed by atoms with Crippen LogP contribution in [0, 0.1) is 0 Å². The van der Waals surface area contributed by atoms with Crippen LogP contribution in [0.1, 0.15) is 18.5 Å². The maximum atomic E-state index is 11.9. The summed E-state index contributed by atoms with van der Waals surface area (Å²) in [5.41, 5.74) is 3.37. The van der Waals surface area contributed by atoms with Gasteiger partial charge in [0.15, 0.2) is 0 Å². The monoisotopic (exact) mass is 298 g/mol. The third-order valence-corrected chi connectivity index (χ3v) is 3.64. The predicted molar refractivity (Wildman–Crippen MR) is 88.5 cm³/mol. The molecule has 2 aromatic rings. The molecule has 2 aromatic carbocycles. The average Bonchev–Trinajstić information content (AvgIpc) is 2.56. The summed E-state index contributed by atoms with van der Waals surface area (Å²) in [4.78, 5) is 13.4. The number of carbonyl (C=O) groups excluding carboxylic acids is 1. The Kier molecular flexibility index (Phi) is 5.55. The van der Waals surface area contributed by atoms with Gasteiger partial charge in [-0.1, -0.05) is 54.6 Å². The molecule has 0 unspecified atom stereocenters. The fourth-order valence-corrected chi connectivity index (χ4v) is 2.23. The highest BCUT2D eigenvalue weighted by molar-refractivity contribution is 5.74. The lowest BCUT2D eigenvalue weighted by Gasteiger charge is -2.21. The van der Waals surface area contributed by atoms with Gasteiger partial charge in [0.1, 0.15) is 0 Å². The topological polar surface area (TPSA) is 52.6 Å². The molecule has 0 aromatic heterocycles. The first-order chi connectivity index (χ1) is 10.6. The maximum Gasteiger partial charge on any atom is 0.317 e. The van der Waals surface area contributed by atoms with Crippen molar-refractivity contribution < 1.29 is 9.90 Å². The molecule has 0 aliphatic heterocycles. The van der Waals surface area contributed by atoms with Crippen molar-refractivity contribution in [2.75, 3.05) is 20.2 Å². The zero-order valence-corrected chi connectivity index (χ0v) is 13.0. The number of benzene rings is 2. The lowest BCUT2D eigenvalue weighted by atomic mass is 10.0. The molecule has 0 saturated heterocycles. The SMILES string of the molecule is C[C@H](NC(=O)N(C)CCO)c1ccc(-c2ccccc2)cc1. The Morgan fingerprint density at radius 2 is 1.68 bits per heavy atom. The Hall–Kier alpha value is -2.33. The second-order valence-electron chi connectivity index (χ2n) is 5.30. The molecular weight excluding hydrogens is 276 g/mol. The second kappa shape index (κ2) is 7.61. The molecule has 22 heavy (non-hydrogen) atoms. The fraction of sp³-hybridized carbons (Fsp3) is 0.278. The Morgan fingerprint density at radius 1 is 1.09 bits per heavy atom. The number of nitrogens with zero attached hydrogens (tertiary/aromatic N) is 1. The van der Waals surface area contributed by atoms with Crippen LogP contribution >= 0.6 is 0 Å². The molecule has 2 rings (SSSR count). The highest BCUT2D eigenvalue weighted by Crippen LogP contribution is 2.21. The summed E-state index contributed by atoms with van der Waals surface area (Å²) < 4.78 is 0. The van der Waals surface area contributed by atoms with Gasteiger partial charge >= 0.3 is 6.03 Å². The molecule has 116 valence electrons. The smallest absolute Gasteiger partial charge is 0.317 e. The van der Waals surface area contributed by atoms with Gasteiger partial charge in [0.05, 0.1) is 12.6 Å². The standard InChI is InChI=1S/C18H22N2O2/c1-14(19-18(22)20(2)12-13-21)15-8-10-17(11-9-15)16-6-4-3-5-7-16/h3-11,14,21H,12-13H2,1-2H3,(H,19,22)/t14-/m0/s1. The van der Waals surface area contributed by atoms with Crippen LogP contribution in [0.2, 0.25) is 0 Å². The van der Waals surface area contributed by atoms with Crippen LogP contribution in [0.25, 0.3) is 11.1 Å². The minimum Gasteiger partial charge on any atom is -0.395 e. The van der Waals surface area contributed by atoms with Crippen LogP contribution in [-0.2, 0) is 0 Å².